The lowest BCUT2D eigenvalue weighted by atomic mass is 9.97. The van der Waals surface area contributed by atoms with Crippen molar-refractivity contribution in [1.82, 2.24) is 25.0 Å². The summed E-state index contributed by atoms with van der Waals surface area (Å²) in [5.74, 6) is -0.894. The number of aliphatic hydroxyl groups is 1. The molecule has 3 N–H and O–H groups in total. The number of rotatable bonds is 9. The lowest BCUT2D eigenvalue weighted by Crippen LogP contribution is -2.23. The summed E-state index contributed by atoms with van der Waals surface area (Å²) >= 11 is 6.27. The average molecular weight is 492 g/mol. The quantitative estimate of drug-likeness (QED) is 0.247. The highest BCUT2D eigenvalue weighted by Crippen LogP contribution is 2.38. The van der Waals surface area contributed by atoms with E-state index in [-0.39, 0.29) is 12.2 Å². The van der Waals surface area contributed by atoms with Crippen molar-refractivity contribution in [2.75, 3.05) is 19.7 Å². The van der Waals surface area contributed by atoms with Crippen LogP contribution in [-0.2, 0) is 23.2 Å². The second-order valence-electron chi connectivity index (χ2n) is 8.62. The Kier molecular flexibility index (Phi) is 6.42. The van der Waals surface area contributed by atoms with Crippen LogP contribution in [0.3, 0.4) is 0 Å². The number of aliphatic hydroxyl groups excluding tert-OH is 1. The van der Waals surface area contributed by atoms with E-state index in [0.717, 1.165) is 41.3 Å². The highest BCUT2D eigenvalue weighted by Gasteiger charge is 2.36. The Bertz CT molecular complexity index is 1480. The van der Waals surface area contributed by atoms with Gasteiger partial charge in [-0.2, -0.15) is 5.10 Å². The minimum absolute atomic E-state index is 0.168. The van der Waals surface area contributed by atoms with Crippen molar-refractivity contribution in [3.8, 4) is 0 Å². The highest BCUT2D eigenvalue weighted by atomic mass is 35.5. The molecule has 0 unspecified atom stereocenters. The fourth-order valence-corrected chi connectivity index (χ4v) is 4.84. The van der Waals surface area contributed by atoms with Gasteiger partial charge in [-0.3, -0.25) is 19.6 Å². The Labute approximate surface area is 207 Å². The number of hydrogen-bond donors (Lipinski definition) is 3. The largest absolute Gasteiger partial charge is 0.396 e. The molecule has 180 valence electrons. The molecule has 0 saturated heterocycles. The first-order valence-corrected chi connectivity index (χ1v) is 12.0. The van der Waals surface area contributed by atoms with Gasteiger partial charge in [0.15, 0.2) is 0 Å². The molecule has 0 spiro atoms. The lowest BCUT2D eigenvalue weighted by Gasteiger charge is -2.05. The van der Waals surface area contributed by atoms with Gasteiger partial charge in [0.2, 0.25) is 0 Å². The summed E-state index contributed by atoms with van der Waals surface area (Å²) < 4.78 is 3.81. The van der Waals surface area contributed by atoms with Crippen LogP contribution in [0.2, 0.25) is 5.02 Å². The summed E-state index contributed by atoms with van der Waals surface area (Å²) in [5.41, 5.74) is 3.54. The van der Waals surface area contributed by atoms with Gasteiger partial charge < -0.3 is 15.0 Å². The van der Waals surface area contributed by atoms with E-state index in [2.05, 4.69) is 10.6 Å². The third-order valence-corrected chi connectivity index (χ3v) is 6.52. The van der Waals surface area contributed by atoms with E-state index in [1.165, 1.54) is 0 Å². The van der Waals surface area contributed by atoms with E-state index in [9.17, 15) is 9.59 Å². The first-order valence-electron chi connectivity index (χ1n) is 11.6. The van der Waals surface area contributed by atoms with Gasteiger partial charge in [-0.1, -0.05) is 29.8 Å². The number of imide groups is 1. The number of hydrogen-bond acceptors (Lipinski definition) is 5. The molecule has 35 heavy (non-hydrogen) atoms. The van der Waals surface area contributed by atoms with Crippen LogP contribution in [0.1, 0.15) is 24.1 Å². The number of benzene rings is 2. The maximum atomic E-state index is 13.1. The van der Waals surface area contributed by atoms with Crippen LogP contribution >= 0.6 is 11.6 Å². The van der Waals surface area contributed by atoms with E-state index in [1.807, 2.05) is 58.9 Å². The molecule has 2 aromatic heterocycles. The van der Waals surface area contributed by atoms with Crippen LogP contribution in [0.15, 0.2) is 48.7 Å². The third-order valence-electron chi connectivity index (χ3n) is 6.28. The zero-order valence-corrected chi connectivity index (χ0v) is 20.1. The molecule has 1 aliphatic rings. The highest BCUT2D eigenvalue weighted by molar-refractivity contribution is 6.50. The van der Waals surface area contributed by atoms with Crippen molar-refractivity contribution in [2.24, 2.45) is 7.05 Å². The molecule has 3 heterocycles. The van der Waals surface area contributed by atoms with Crippen molar-refractivity contribution in [2.45, 2.75) is 19.4 Å². The minimum Gasteiger partial charge on any atom is -0.396 e. The van der Waals surface area contributed by atoms with Gasteiger partial charge in [0, 0.05) is 53.3 Å². The van der Waals surface area contributed by atoms with Crippen LogP contribution in [-0.4, -0.2) is 51.0 Å². The van der Waals surface area contributed by atoms with Gasteiger partial charge in [-0.25, -0.2) is 0 Å². The van der Waals surface area contributed by atoms with Gasteiger partial charge >= 0.3 is 0 Å². The van der Waals surface area contributed by atoms with Gasteiger partial charge in [0.25, 0.3) is 11.8 Å². The topological polar surface area (TPSA) is 101 Å². The Morgan fingerprint density at radius 2 is 1.77 bits per heavy atom. The molecule has 9 heteroatoms. The smallest absolute Gasteiger partial charge is 0.261 e. The Morgan fingerprint density at radius 1 is 1.00 bits per heavy atom. The first kappa shape index (κ1) is 23.3. The number of halogens is 1. The Hall–Kier alpha value is -3.46. The van der Waals surface area contributed by atoms with Crippen molar-refractivity contribution >= 4 is 56.4 Å². The summed E-state index contributed by atoms with van der Waals surface area (Å²) in [6, 6.07) is 13.2. The second kappa shape index (κ2) is 9.65. The van der Waals surface area contributed by atoms with Crippen molar-refractivity contribution in [3.63, 3.8) is 0 Å². The molecule has 0 fully saturated rings. The number of nitrogens with one attached hydrogen (secondary N) is 2. The van der Waals surface area contributed by atoms with E-state index in [0.29, 0.717) is 34.8 Å². The number of carbonyl (C=O) groups is 2. The zero-order chi connectivity index (χ0) is 24.5. The predicted octanol–water partition coefficient (Wildman–Crippen LogP) is 3.11. The van der Waals surface area contributed by atoms with Gasteiger partial charge in [0.05, 0.1) is 16.7 Å². The summed E-state index contributed by atoms with van der Waals surface area (Å²) in [5, 5.41) is 21.7. The number of nitrogens with zero attached hydrogens (tertiary/aromatic N) is 3. The molecule has 2 amide bonds. The van der Waals surface area contributed by atoms with Crippen molar-refractivity contribution in [1.29, 1.82) is 0 Å². The molecule has 1 aliphatic heterocycles. The van der Waals surface area contributed by atoms with Crippen LogP contribution < -0.4 is 10.6 Å². The molecule has 0 radical (unpaired) electrons. The predicted molar refractivity (Wildman–Crippen MR) is 137 cm³/mol. The maximum absolute atomic E-state index is 13.1. The SMILES string of the molecule is Cn1cc(C2=C(c3nn(CCCNCCCO)c4ccccc34)C(=O)NC2=O)c2cc(Cl)ccc21. The number of aromatic nitrogens is 3. The minimum atomic E-state index is -0.454. The molecule has 2 aromatic carbocycles. The molecule has 0 bridgehead atoms. The number of aryl methyl sites for hydroxylation is 2. The monoisotopic (exact) mass is 491 g/mol. The van der Waals surface area contributed by atoms with Gasteiger partial charge in [-0.05, 0) is 50.2 Å². The summed E-state index contributed by atoms with van der Waals surface area (Å²) in [6.45, 7) is 2.36. The molecule has 0 saturated carbocycles. The number of carbonyl (C=O) groups excluding carboxylic acids is 2. The molecule has 5 rings (SSSR count). The fraction of sp³-hybridized carbons (Fsp3) is 0.269. The molecular weight excluding hydrogens is 466 g/mol. The second-order valence-corrected chi connectivity index (χ2v) is 9.05. The van der Waals surface area contributed by atoms with E-state index >= 15 is 0 Å². The van der Waals surface area contributed by atoms with Crippen molar-refractivity contribution in [3.05, 3.63) is 64.9 Å². The lowest BCUT2D eigenvalue weighted by molar-refractivity contribution is -0.122. The van der Waals surface area contributed by atoms with E-state index in [1.54, 1.807) is 6.07 Å². The number of para-hydroxylation sites is 1. The first-order chi connectivity index (χ1) is 17.0. The summed E-state index contributed by atoms with van der Waals surface area (Å²) in [4.78, 5) is 26.1. The van der Waals surface area contributed by atoms with Gasteiger partial charge in [0.1, 0.15) is 5.69 Å². The van der Waals surface area contributed by atoms with E-state index in [4.69, 9.17) is 21.8 Å². The zero-order valence-electron chi connectivity index (χ0n) is 19.3. The Morgan fingerprint density at radius 3 is 2.60 bits per heavy atom. The third kappa shape index (κ3) is 4.25. The normalized spacial score (nSPS) is 14.0. The molecular formula is C26H26ClN5O3. The standard InChI is InChI=1S/C26H26ClN5O3/c1-31-15-19(18-14-16(27)8-9-20(18)31)22-23(26(35)29-25(22)34)24-17-6-2-3-7-21(17)32(30-24)12-4-10-28-11-5-13-33/h2-3,6-9,14-15,28,33H,4-5,10-13H2,1H3,(H,29,34,35). The van der Waals surface area contributed by atoms with Crippen molar-refractivity contribution < 1.29 is 14.7 Å². The van der Waals surface area contributed by atoms with Crippen LogP contribution in [0.25, 0.3) is 33.0 Å². The van der Waals surface area contributed by atoms with Crippen LogP contribution in [0, 0.1) is 0 Å². The molecule has 0 atom stereocenters. The summed E-state index contributed by atoms with van der Waals surface area (Å²) in [7, 11) is 1.90. The molecule has 0 aliphatic carbocycles. The maximum Gasteiger partial charge on any atom is 0.261 e. The van der Waals surface area contributed by atoms with E-state index < -0.39 is 11.8 Å². The average Bonchev–Trinajstić information content (AvgIpc) is 3.46. The number of fused-ring (bicyclic) bond motifs is 2. The van der Waals surface area contributed by atoms with Crippen LogP contribution in [0.4, 0.5) is 0 Å². The summed E-state index contributed by atoms with van der Waals surface area (Å²) in [6.07, 6.45) is 3.40. The van der Waals surface area contributed by atoms with Crippen LogP contribution in [0.5, 0.6) is 0 Å². The fourth-order valence-electron chi connectivity index (χ4n) is 4.67. The molecule has 8 nitrogen and oxygen atoms in total. The number of amides is 2. The Balaban J connectivity index is 1.61. The van der Waals surface area contributed by atoms with Gasteiger partial charge in [-0.15, -0.1) is 0 Å². The molecule has 4 aromatic rings.